The van der Waals surface area contributed by atoms with Crippen molar-refractivity contribution in [3.63, 3.8) is 0 Å². The average molecular weight is 567 g/mol. The Hall–Kier alpha value is -4.38. The summed E-state index contributed by atoms with van der Waals surface area (Å²) in [5.41, 5.74) is 1.52. The first kappa shape index (κ1) is 28.6. The summed E-state index contributed by atoms with van der Waals surface area (Å²) >= 11 is 1.19. The minimum atomic E-state index is -0.868. The van der Waals surface area contributed by atoms with Crippen LogP contribution in [-0.4, -0.2) is 43.9 Å². The van der Waals surface area contributed by atoms with Gasteiger partial charge >= 0.3 is 11.9 Å². The summed E-state index contributed by atoms with van der Waals surface area (Å²) in [6.45, 7) is 7.08. The number of benzene rings is 2. The number of carbonyl (C=O) groups is 2. The Balaban J connectivity index is 1.95. The summed E-state index contributed by atoms with van der Waals surface area (Å²) in [4.78, 5) is 43.6. The lowest BCUT2D eigenvalue weighted by atomic mass is 9.94. The van der Waals surface area contributed by atoms with Crippen LogP contribution < -0.4 is 33.8 Å². The third kappa shape index (κ3) is 5.64. The minimum Gasteiger partial charge on any atom is -0.497 e. The summed E-state index contributed by atoms with van der Waals surface area (Å²) in [5, 5.41) is 0. The molecule has 2 aromatic carbocycles. The van der Waals surface area contributed by atoms with Crippen LogP contribution >= 0.6 is 11.3 Å². The average Bonchev–Trinajstić information content (AvgIpc) is 3.22. The van der Waals surface area contributed by atoms with Crippen LogP contribution in [0.5, 0.6) is 23.0 Å². The molecule has 0 unspecified atom stereocenters. The van der Waals surface area contributed by atoms with E-state index in [9.17, 15) is 14.4 Å². The zero-order valence-corrected chi connectivity index (χ0v) is 23.9. The Morgan fingerprint density at radius 2 is 1.77 bits per heavy atom. The van der Waals surface area contributed by atoms with Gasteiger partial charge in [-0.25, -0.2) is 9.79 Å². The van der Waals surface area contributed by atoms with E-state index in [1.165, 1.54) is 37.0 Å². The summed E-state index contributed by atoms with van der Waals surface area (Å²) in [5.74, 6) is 0.621. The molecule has 0 N–H and O–H groups in total. The standard InChI is InChI=1S/C29H30N2O8S/c1-7-37-23-13-18(9-11-22(23)39-17(4)32)14-24-27(33)31-26(20-15-19(35-5)10-12-21(20)36-6)25(28(34)38-8-2)16(3)30-29(31)40-24/h9-15,26H,7-8H2,1-6H3/b24-14-/t26-/m0/s1. The van der Waals surface area contributed by atoms with Gasteiger partial charge in [-0.15, -0.1) is 0 Å². The molecule has 0 bridgehead atoms. The summed E-state index contributed by atoms with van der Waals surface area (Å²) < 4.78 is 29.2. The van der Waals surface area contributed by atoms with E-state index in [0.717, 1.165) is 0 Å². The SMILES string of the molecule is CCOC(=O)C1=C(C)N=c2s/c(=C\c3ccc(OC(C)=O)c(OCC)c3)c(=O)n2[C@H]1c1cc(OC)ccc1OC. The summed E-state index contributed by atoms with van der Waals surface area (Å²) in [6.07, 6.45) is 1.70. The van der Waals surface area contributed by atoms with E-state index >= 15 is 0 Å². The molecule has 0 saturated carbocycles. The molecule has 0 fully saturated rings. The molecule has 3 aromatic rings. The second-order valence-corrected chi connectivity index (χ2v) is 9.65. The van der Waals surface area contributed by atoms with Crippen molar-refractivity contribution in [2.24, 2.45) is 4.99 Å². The van der Waals surface area contributed by atoms with Gasteiger partial charge < -0.3 is 23.7 Å². The van der Waals surface area contributed by atoms with Gasteiger partial charge in [0.15, 0.2) is 16.3 Å². The van der Waals surface area contributed by atoms with Crippen LogP contribution in [0, 0.1) is 0 Å². The molecule has 10 nitrogen and oxygen atoms in total. The highest BCUT2D eigenvalue weighted by molar-refractivity contribution is 7.07. The highest BCUT2D eigenvalue weighted by Gasteiger charge is 2.35. The van der Waals surface area contributed by atoms with Crippen LogP contribution in [0.3, 0.4) is 0 Å². The molecule has 40 heavy (non-hydrogen) atoms. The molecule has 0 radical (unpaired) electrons. The van der Waals surface area contributed by atoms with E-state index in [1.54, 1.807) is 56.3 Å². The first-order valence-electron chi connectivity index (χ1n) is 12.6. The van der Waals surface area contributed by atoms with Crippen LogP contribution in [0.15, 0.2) is 57.5 Å². The third-order valence-corrected chi connectivity index (χ3v) is 7.05. The molecular formula is C29H30N2O8S. The van der Waals surface area contributed by atoms with Crippen molar-refractivity contribution in [2.75, 3.05) is 27.4 Å². The molecule has 210 valence electrons. The number of fused-ring (bicyclic) bond motifs is 1. The lowest BCUT2D eigenvalue weighted by molar-refractivity contribution is -0.139. The number of hydrogen-bond acceptors (Lipinski definition) is 10. The quantitative estimate of drug-likeness (QED) is 0.287. The molecule has 0 saturated heterocycles. The molecule has 4 rings (SSSR count). The maximum atomic E-state index is 13.9. The second kappa shape index (κ2) is 12.2. The predicted octanol–water partition coefficient (Wildman–Crippen LogP) is 3.14. The summed E-state index contributed by atoms with van der Waals surface area (Å²) in [6, 6.07) is 9.36. The first-order valence-corrected chi connectivity index (χ1v) is 13.4. The Morgan fingerprint density at radius 3 is 2.42 bits per heavy atom. The molecular weight excluding hydrogens is 536 g/mol. The van der Waals surface area contributed by atoms with Crippen LogP contribution in [-0.2, 0) is 14.3 Å². The Kier molecular flexibility index (Phi) is 8.73. The van der Waals surface area contributed by atoms with E-state index in [1.807, 2.05) is 6.92 Å². The Labute approximate surface area is 234 Å². The number of carbonyl (C=O) groups excluding carboxylic acids is 2. The smallest absolute Gasteiger partial charge is 0.338 e. The predicted molar refractivity (Wildman–Crippen MR) is 149 cm³/mol. The maximum absolute atomic E-state index is 13.9. The molecule has 0 aliphatic carbocycles. The maximum Gasteiger partial charge on any atom is 0.338 e. The molecule has 0 spiro atoms. The van der Waals surface area contributed by atoms with Crippen molar-refractivity contribution in [3.05, 3.63) is 78.5 Å². The highest BCUT2D eigenvalue weighted by atomic mass is 32.1. The number of ether oxygens (including phenoxy) is 5. The number of aromatic nitrogens is 1. The van der Waals surface area contributed by atoms with E-state index in [-0.39, 0.29) is 23.5 Å². The number of hydrogen-bond donors (Lipinski definition) is 0. The Morgan fingerprint density at radius 1 is 1.02 bits per heavy atom. The van der Waals surface area contributed by atoms with Crippen LogP contribution in [0.25, 0.3) is 6.08 Å². The fourth-order valence-corrected chi connectivity index (χ4v) is 5.46. The number of thiazole rings is 1. The van der Waals surface area contributed by atoms with Gasteiger partial charge in [-0.1, -0.05) is 17.4 Å². The molecule has 2 heterocycles. The lowest BCUT2D eigenvalue weighted by Crippen LogP contribution is -2.40. The second-order valence-electron chi connectivity index (χ2n) is 8.64. The molecule has 1 aliphatic rings. The van der Waals surface area contributed by atoms with Gasteiger partial charge in [-0.3, -0.25) is 14.2 Å². The molecule has 1 atom stereocenters. The summed E-state index contributed by atoms with van der Waals surface area (Å²) in [7, 11) is 3.05. The molecule has 1 aromatic heterocycles. The van der Waals surface area contributed by atoms with Gasteiger partial charge in [0.1, 0.15) is 17.5 Å². The van der Waals surface area contributed by atoms with Crippen molar-refractivity contribution < 1.29 is 33.3 Å². The van der Waals surface area contributed by atoms with E-state index in [0.29, 0.717) is 50.0 Å². The van der Waals surface area contributed by atoms with E-state index in [2.05, 4.69) is 4.99 Å². The van der Waals surface area contributed by atoms with Crippen LogP contribution in [0.4, 0.5) is 0 Å². The van der Waals surface area contributed by atoms with E-state index in [4.69, 9.17) is 23.7 Å². The monoisotopic (exact) mass is 566 g/mol. The molecule has 11 heteroatoms. The third-order valence-electron chi connectivity index (χ3n) is 6.07. The minimum absolute atomic E-state index is 0.160. The van der Waals surface area contributed by atoms with Crippen molar-refractivity contribution >= 4 is 29.4 Å². The number of rotatable bonds is 9. The van der Waals surface area contributed by atoms with Crippen molar-refractivity contribution in [1.29, 1.82) is 0 Å². The fourth-order valence-electron chi connectivity index (χ4n) is 4.41. The largest absolute Gasteiger partial charge is 0.497 e. The van der Waals surface area contributed by atoms with Gasteiger partial charge in [-0.05, 0) is 62.7 Å². The van der Waals surface area contributed by atoms with Gasteiger partial charge in [-0.2, -0.15) is 0 Å². The normalized spacial score (nSPS) is 14.8. The van der Waals surface area contributed by atoms with Crippen molar-refractivity contribution in [3.8, 4) is 23.0 Å². The fraction of sp³-hybridized carbons (Fsp3) is 0.310. The lowest BCUT2D eigenvalue weighted by Gasteiger charge is -2.26. The Bertz CT molecular complexity index is 1670. The van der Waals surface area contributed by atoms with Gasteiger partial charge in [0.05, 0.1) is 43.2 Å². The van der Waals surface area contributed by atoms with Gasteiger partial charge in [0.2, 0.25) is 0 Å². The zero-order valence-electron chi connectivity index (χ0n) is 23.1. The van der Waals surface area contributed by atoms with Crippen LogP contribution in [0.1, 0.15) is 44.9 Å². The zero-order chi connectivity index (χ0) is 29.0. The molecule has 0 amide bonds. The van der Waals surface area contributed by atoms with E-state index < -0.39 is 18.0 Å². The van der Waals surface area contributed by atoms with Crippen LogP contribution in [0.2, 0.25) is 0 Å². The number of allylic oxidation sites excluding steroid dienone is 1. The number of nitrogens with zero attached hydrogens (tertiary/aromatic N) is 2. The topological polar surface area (TPSA) is 115 Å². The first-order chi connectivity index (χ1) is 19.2. The highest BCUT2D eigenvalue weighted by Crippen LogP contribution is 2.38. The van der Waals surface area contributed by atoms with Crippen molar-refractivity contribution in [2.45, 2.75) is 33.7 Å². The molecule has 1 aliphatic heterocycles. The van der Waals surface area contributed by atoms with Gasteiger partial charge in [0, 0.05) is 12.5 Å². The number of esters is 2. The number of methoxy groups -OCH3 is 2. The van der Waals surface area contributed by atoms with Gasteiger partial charge in [0.25, 0.3) is 5.56 Å². The van der Waals surface area contributed by atoms with Crippen molar-refractivity contribution in [1.82, 2.24) is 4.57 Å².